The van der Waals surface area contributed by atoms with E-state index in [-0.39, 0.29) is 11.6 Å². The van der Waals surface area contributed by atoms with Gasteiger partial charge in [-0.1, -0.05) is 19.9 Å². The monoisotopic (exact) mass is 350 g/mol. The smallest absolute Gasteiger partial charge is 0.188 e. The number of nitrogens with zero attached hydrogens (tertiary/aromatic N) is 5. The first-order chi connectivity index (χ1) is 12.5. The normalized spacial score (nSPS) is 30.6. The number of hydrogen-bond acceptors (Lipinski definition) is 6. The van der Waals surface area contributed by atoms with Crippen molar-refractivity contribution in [3.8, 4) is 18.2 Å². The van der Waals surface area contributed by atoms with Gasteiger partial charge in [0.1, 0.15) is 5.92 Å². The molecule has 26 heavy (non-hydrogen) atoms. The molecule has 1 saturated carbocycles. The number of nitriles is 3. The molecule has 1 spiro atoms. The number of nitrogens with one attached hydrogen (secondary N) is 1. The average Bonchev–Trinajstić information content (AvgIpc) is 2.70. The molecule has 0 aromatic heterocycles. The number of hydrogen-bond donors (Lipinski definition) is 1. The highest BCUT2D eigenvalue weighted by molar-refractivity contribution is 6.00. The van der Waals surface area contributed by atoms with Crippen molar-refractivity contribution in [1.82, 2.24) is 9.80 Å². The van der Waals surface area contributed by atoms with Gasteiger partial charge in [0.25, 0.3) is 0 Å². The molecule has 6 heteroatoms. The van der Waals surface area contributed by atoms with Gasteiger partial charge in [0, 0.05) is 24.4 Å². The van der Waals surface area contributed by atoms with Gasteiger partial charge in [0.2, 0.25) is 0 Å². The summed E-state index contributed by atoms with van der Waals surface area (Å²) in [7, 11) is 0. The highest BCUT2D eigenvalue weighted by atomic mass is 15.1. The molecule has 6 nitrogen and oxygen atoms in total. The molecule has 0 bridgehead atoms. The van der Waals surface area contributed by atoms with Gasteiger partial charge in [-0.2, -0.15) is 15.8 Å². The van der Waals surface area contributed by atoms with E-state index in [9.17, 15) is 15.8 Å². The molecule has 3 aliphatic rings. The standard InChI is InChI=1S/C20H26N6/c1-3-25-9-6-19(7-10-25)17-12-26(4-2)8-5-15(17)16(11-21)18(24)20(19,13-22)14-23/h5,16-17,24H,3-4,6-10,12H2,1-2H3. The predicted octanol–water partition coefficient (Wildman–Crippen LogP) is 2.17. The Balaban J connectivity index is 2.17. The van der Waals surface area contributed by atoms with E-state index in [4.69, 9.17) is 5.41 Å². The molecular formula is C20H26N6. The Morgan fingerprint density at radius 3 is 2.23 bits per heavy atom. The van der Waals surface area contributed by atoms with Gasteiger partial charge in [-0.05, 0) is 44.6 Å². The van der Waals surface area contributed by atoms with Crippen LogP contribution in [0.25, 0.3) is 0 Å². The number of fused-ring (bicyclic) bond motifs is 2. The highest BCUT2D eigenvalue weighted by Gasteiger charge is 2.66. The minimum absolute atomic E-state index is 0.00222. The third-order valence-corrected chi connectivity index (χ3v) is 6.98. The van der Waals surface area contributed by atoms with E-state index in [1.807, 2.05) is 0 Å². The second-order valence-corrected chi connectivity index (χ2v) is 7.65. The van der Waals surface area contributed by atoms with Crippen LogP contribution in [0.5, 0.6) is 0 Å². The lowest BCUT2D eigenvalue weighted by atomic mass is 9.44. The number of likely N-dealkylation sites (N-methyl/N-ethyl adjacent to an activating group) is 1. The summed E-state index contributed by atoms with van der Waals surface area (Å²) in [6.07, 6.45) is 3.54. The van der Waals surface area contributed by atoms with Crippen LogP contribution < -0.4 is 0 Å². The average molecular weight is 350 g/mol. The summed E-state index contributed by atoms with van der Waals surface area (Å²) in [5.41, 5.74) is -1.10. The predicted molar refractivity (Wildman–Crippen MR) is 98.0 cm³/mol. The summed E-state index contributed by atoms with van der Waals surface area (Å²) >= 11 is 0. The summed E-state index contributed by atoms with van der Waals surface area (Å²) in [6, 6.07) is 6.71. The topological polar surface area (TPSA) is 102 Å². The maximum Gasteiger partial charge on any atom is 0.188 e. The lowest BCUT2D eigenvalue weighted by Gasteiger charge is -2.58. The van der Waals surface area contributed by atoms with Crippen molar-refractivity contribution in [3.05, 3.63) is 11.6 Å². The Morgan fingerprint density at radius 1 is 1.12 bits per heavy atom. The van der Waals surface area contributed by atoms with Gasteiger partial charge in [0.15, 0.2) is 5.41 Å². The van der Waals surface area contributed by atoms with Crippen LogP contribution in [-0.4, -0.2) is 54.8 Å². The maximum atomic E-state index is 10.1. The summed E-state index contributed by atoms with van der Waals surface area (Å²) in [5, 5.41) is 38.7. The quantitative estimate of drug-likeness (QED) is 0.769. The largest absolute Gasteiger partial charge is 0.305 e. The Bertz CT molecular complexity index is 724. The molecule has 1 N–H and O–H groups in total. The van der Waals surface area contributed by atoms with Gasteiger partial charge in [-0.15, -0.1) is 0 Å². The lowest BCUT2D eigenvalue weighted by molar-refractivity contribution is -0.00372. The van der Waals surface area contributed by atoms with Gasteiger partial charge >= 0.3 is 0 Å². The summed E-state index contributed by atoms with van der Waals surface area (Å²) < 4.78 is 0. The molecule has 2 fully saturated rings. The Hall–Kier alpha value is -2.20. The van der Waals surface area contributed by atoms with Crippen LogP contribution in [0.1, 0.15) is 26.7 Å². The molecule has 0 radical (unpaired) electrons. The van der Waals surface area contributed by atoms with Crippen LogP contribution in [0.4, 0.5) is 0 Å². The van der Waals surface area contributed by atoms with Crippen molar-refractivity contribution < 1.29 is 0 Å². The molecule has 1 saturated heterocycles. The van der Waals surface area contributed by atoms with Gasteiger partial charge in [-0.25, -0.2) is 0 Å². The lowest BCUT2D eigenvalue weighted by Crippen LogP contribution is -2.63. The molecule has 136 valence electrons. The van der Waals surface area contributed by atoms with E-state index < -0.39 is 16.7 Å². The number of piperidine rings is 1. The molecular weight excluding hydrogens is 324 g/mol. The van der Waals surface area contributed by atoms with Crippen molar-refractivity contribution in [2.75, 3.05) is 39.3 Å². The second-order valence-electron chi connectivity index (χ2n) is 7.65. The van der Waals surface area contributed by atoms with Crippen LogP contribution >= 0.6 is 0 Å². The van der Waals surface area contributed by atoms with Crippen molar-refractivity contribution in [2.24, 2.45) is 22.7 Å². The zero-order valence-electron chi connectivity index (χ0n) is 15.6. The summed E-state index contributed by atoms with van der Waals surface area (Å²) in [6.45, 7) is 9.30. The van der Waals surface area contributed by atoms with Gasteiger partial charge in [-0.3, -0.25) is 4.90 Å². The SMILES string of the molecule is CCN1CCC2(CC1)C1CN(CC)CC=C1C(C#N)C(=N)C2(C#N)C#N. The molecule has 1 aliphatic carbocycles. The minimum atomic E-state index is -1.51. The van der Waals surface area contributed by atoms with Crippen molar-refractivity contribution in [1.29, 1.82) is 21.2 Å². The molecule has 2 atom stereocenters. The highest BCUT2D eigenvalue weighted by Crippen LogP contribution is 2.61. The third-order valence-electron chi connectivity index (χ3n) is 6.98. The maximum absolute atomic E-state index is 10.1. The van der Waals surface area contributed by atoms with Crippen molar-refractivity contribution in [3.63, 3.8) is 0 Å². The number of rotatable bonds is 2. The fourth-order valence-electron chi connectivity index (χ4n) is 5.30. The second kappa shape index (κ2) is 6.84. The van der Waals surface area contributed by atoms with E-state index in [0.29, 0.717) is 0 Å². The van der Waals surface area contributed by atoms with Crippen molar-refractivity contribution >= 4 is 5.71 Å². The zero-order chi connectivity index (χ0) is 18.9. The Kier molecular flexibility index (Phi) is 4.89. The zero-order valence-corrected chi connectivity index (χ0v) is 15.6. The summed E-state index contributed by atoms with van der Waals surface area (Å²) in [5.74, 6) is -0.749. The molecule has 2 unspecified atom stereocenters. The van der Waals surface area contributed by atoms with E-state index in [2.05, 4.69) is 47.9 Å². The first kappa shape index (κ1) is 18.6. The fourth-order valence-corrected chi connectivity index (χ4v) is 5.30. The fraction of sp³-hybridized carbons (Fsp3) is 0.700. The van der Waals surface area contributed by atoms with Crippen LogP contribution in [0, 0.1) is 62.1 Å². The van der Waals surface area contributed by atoms with Crippen LogP contribution in [0.15, 0.2) is 11.6 Å². The molecule has 0 aromatic carbocycles. The Labute approximate surface area is 155 Å². The first-order valence-electron chi connectivity index (χ1n) is 9.49. The summed E-state index contributed by atoms with van der Waals surface area (Å²) in [4.78, 5) is 4.65. The Morgan fingerprint density at radius 2 is 1.73 bits per heavy atom. The van der Waals surface area contributed by atoms with E-state index in [0.717, 1.165) is 57.7 Å². The number of likely N-dealkylation sites (tertiary alicyclic amines) is 1. The first-order valence-corrected chi connectivity index (χ1v) is 9.49. The van der Waals surface area contributed by atoms with Crippen LogP contribution in [0.3, 0.4) is 0 Å². The molecule has 3 rings (SSSR count). The molecule has 2 aliphatic heterocycles. The minimum Gasteiger partial charge on any atom is -0.305 e. The molecule has 0 amide bonds. The van der Waals surface area contributed by atoms with Crippen LogP contribution in [-0.2, 0) is 0 Å². The van der Waals surface area contributed by atoms with Crippen LogP contribution in [0.2, 0.25) is 0 Å². The van der Waals surface area contributed by atoms with Crippen molar-refractivity contribution in [2.45, 2.75) is 26.7 Å². The molecule has 2 heterocycles. The van der Waals surface area contributed by atoms with E-state index >= 15 is 0 Å². The molecule has 0 aromatic rings. The van der Waals surface area contributed by atoms with E-state index in [1.165, 1.54) is 0 Å². The third kappa shape index (κ3) is 2.32. The van der Waals surface area contributed by atoms with Gasteiger partial charge in [0.05, 0.1) is 23.9 Å². The van der Waals surface area contributed by atoms with E-state index in [1.54, 1.807) is 0 Å². The van der Waals surface area contributed by atoms with Gasteiger partial charge < -0.3 is 10.3 Å².